The molecule has 0 unspecified atom stereocenters. The van der Waals surface area contributed by atoms with Gasteiger partial charge in [-0.2, -0.15) is 26.3 Å². The molecular weight excluding hydrogens is 316 g/mol. The molecule has 0 aromatic carbocycles. The van der Waals surface area contributed by atoms with E-state index in [4.69, 9.17) is 4.74 Å². The van der Waals surface area contributed by atoms with E-state index in [1.165, 1.54) is 0 Å². The predicted molar refractivity (Wildman–Crippen MR) is 76.2 cm³/mol. The highest BCUT2D eigenvalue weighted by atomic mass is 79.9. The Morgan fingerprint density at radius 1 is 1.33 bits per heavy atom. The third-order valence-corrected chi connectivity index (χ3v) is 3.89. The van der Waals surface area contributed by atoms with Gasteiger partial charge in [0.05, 0.1) is 7.11 Å². The van der Waals surface area contributed by atoms with E-state index in [2.05, 4.69) is 43.1 Å². The molecule has 18 heavy (non-hydrogen) atoms. The van der Waals surface area contributed by atoms with Crippen molar-refractivity contribution in [3.05, 3.63) is 15.2 Å². The van der Waals surface area contributed by atoms with Gasteiger partial charge < -0.3 is 10.1 Å². The molecule has 0 aliphatic heterocycles. The topological polar surface area (TPSA) is 59.9 Å². The lowest BCUT2D eigenvalue weighted by Crippen LogP contribution is -2.07. The van der Waals surface area contributed by atoms with Gasteiger partial charge in [0.1, 0.15) is 0 Å². The van der Waals surface area contributed by atoms with Gasteiger partial charge in [-0.3, -0.25) is 0 Å². The van der Waals surface area contributed by atoms with Crippen LogP contribution < -0.4 is 10.1 Å². The molecule has 0 spiro atoms. The number of ether oxygens (including phenoxy) is 1. The number of rotatable bonds is 5. The van der Waals surface area contributed by atoms with E-state index in [1.807, 2.05) is 10.8 Å². The minimum Gasteiger partial charge on any atom is -0.467 e. The SMILES string of the molecule is CCCNc1nc(OC)nc(-c2cscc2Br)n1. The Bertz CT molecular complexity index is 532. The average Bonchev–Trinajstić information content (AvgIpc) is 2.82. The zero-order valence-corrected chi connectivity index (χ0v) is 12.5. The van der Waals surface area contributed by atoms with E-state index >= 15 is 0 Å². The largest absolute Gasteiger partial charge is 0.467 e. The van der Waals surface area contributed by atoms with E-state index in [-0.39, 0.29) is 0 Å². The number of halogens is 1. The molecule has 1 N–H and O–H groups in total. The zero-order chi connectivity index (χ0) is 13.0. The molecule has 0 bridgehead atoms. The maximum atomic E-state index is 5.10. The lowest BCUT2D eigenvalue weighted by Gasteiger charge is -2.06. The van der Waals surface area contributed by atoms with Crippen LogP contribution >= 0.6 is 27.3 Å². The quantitative estimate of drug-likeness (QED) is 0.913. The summed E-state index contributed by atoms with van der Waals surface area (Å²) in [5.74, 6) is 1.14. The van der Waals surface area contributed by atoms with Crippen molar-refractivity contribution in [2.75, 3.05) is 19.0 Å². The summed E-state index contributed by atoms with van der Waals surface area (Å²) >= 11 is 5.07. The van der Waals surface area contributed by atoms with Crippen molar-refractivity contribution in [2.24, 2.45) is 0 Å². The summed E-state index contributed by atoms with van der Waals surface area (Å²) in [5, 5.41) is 7.12. The van der Waals surface area contributed by atoms with Crippen LogP contribution in [0.3, 0.4) is 0 Å². The minimum atomic E-state index is 0.316. The van der Waals surface area contributed by atoms with Gasteiger partial charge >= 0.3 is 6.01 Å². The highest BCUT2D eigenvalue weighted by molar-refractivity contribution is 9.10. The van der Waals surface area contributed by atoms with Crippen LogP contribution in [0.15, 0.2) is 15.2 Å². The molecule has 0 aliphatic rings. The van der Waals surface area contributed by atoms with E-state index < -0.39 is 0 Å². The Kier molecular flexibility index (Phi) is 4.48. The van der Waals surface area contributed by atoms with Crippen molar-refractivity contribution in [3.8, 4) is 17.4 Å². The fourth-order valence-corrected chi connectivity index (χ4v) is 2.78. The number of aromatic nitrogens is 3. The van der Waals surface area contributed by atoms with E-state index in [0.29, 0.717) is 17.8 Å². The summed E-state index contributed by atoms with van der Waals surface area (Å²) in [6.45, 7) is 2.90. The summed E-state index contributed by atoms with van der Waals surface area (Å²) in [7, 11) is 1.55. The Hall–Kier alpha value is -1.21. The summed E-state index contributed by atoms with van der Waals surface area (Å²) in [5.41, 5.74) is 0.945. The van der Waals surface area contributed by atoms with Crippen molar-refractivity contribution >= 4 is 33.2 Å². The van der Waals surface area contributed by atoms with Gasteiger partial charge in [-0.15, -0.1) is 0 Å². The van der Waals surface area contributed by atoms with Crippen LogP contribution in [0.2, 0.25) is 0 Å². The first-order valence-electron chi connectivity index (χ1n) is 5.50. The van der Waals surface area contributed by atoms with Gasteiger partial charge in [0.2, 0.25) is 5.95 Å². The van der Waals surface area contributed by atoms with Crippen LogP contribution in [-0.4, -0.2) is 28.6 Å². The number of nitrogens with zero attached hydrogens (tertiary/aromatic N) is 3. The van der Waals surface area contributed by atoms with Crippen molar-refractivity contribution < 1.29 is 4.74 Å². The molecule has 96 valence electrons. The molecule has 2 heterocycles. The van der Waals surface area contributed by atoms with Gasteiger partial charge in [0, 0.05) is 27.3 Å². The number of anilines is 1. The van der Waals surface area contributed by atoms with Crippen molar-refractivity contribution in [2.45, 2.75) is 13.3 Å². The number of hydrogen-bond acceptors (Lipinski definition) is 6. The van der Waals surface area contributed by atoms with E-state index in [0.717, 1.165) is 23.0 Å². The van der Waals surface area contributed by atoms with E-state index in [9.17, 15) is 0 Å². The fourth-order valence-electron chi connectivity index (χ4n) is 1.33. The molecule has 2 aromatic rings. The monoisotopic (exact) mass is 328 g/mol. The molecule has 0 atom stereocenters. The predicted octanol–water partition coefficient (Wildman–Crippen LogP) is 3.19. The van der Waals surface area contributed by atoms with Crippen LogP contribution in [0, 0.1) is 0 Å². The normalized spacial score (nSPS) is 10.4. The first-order chi connectivity index (χ1) is 8.74. The molecule has 0 aliphatic carbocycles. The molecule has 5 nitrogen and oxygen atoms in total. The number of hydrogen-bond donors (Lipinski definition) is 1. The molecule has 0 radical (unpaired) electrons. The maximum absolute atomic E-state index is 5.10. The van der Waals surface area contributed by atoms with Crippen LogP contribution in [-0.2, 0) is 0 Å². The fraction of sp³-hybridized carbons (Fsp3) is 0.364. The van der Waals surface area contributed by atoms with Crippen LogP contribution in [0.5, 0.6) is 6.01 Å². The van der Waals surface area contributed by atoms with Crippen LogP contribution in [0.1, 0.15) is 13.3 Å². The molecule has 0 fully saturated rings. The summed E-state index contributed by atoms with van der Waals surface area (Å²) in [6, 6.07) is 0.316. The van der Waals surface area contributed by atoms with Gasteiger partial charge in [-0.1, -0.05) is 6.92 Å². The lowest BCUT2D eigenvalue weighted by molar-refractivity contribution is 0.379. The Balaban J connectivity index is 2.38. The van der Waals surface area contributed by atoms with Gasteiger partial charge in [-0.05, 0) is 22.4 Å². The van der Waals surface area contributed by atoms with Gasteiger partial charge in [0.15, 0.2) is 5.82 Å². The number of methoxy groups -OCH3 is 1. The molecule has 2 rings (SSSR count). The number of thiophene rings is 1. The lowest BCUT2D eigenvalue weighted by atomic mass is 10.3. The first-order valence-corrected chi connectivity index (χ1v) is 7.24. The van der Waals surface area contributed by atoms with E-state index in [1.54, 1.807) is 18.4 Å². The first kappa shape index (κ1) is 13.2. The molecule has 0 saturated heterocycles. The number of nitrogens with one attached hydrogen (secondary N) is 1. The van der Waals surface area contributed by atoms with Crippen molar-refractivity contribution in [3.63, 3.8) is 0 Å². The molecule has 2 aromatic heterocycles. The Morgan fingerprint density at radius 3 is 2.78 bits per heavy atom. The average molecular weight is 329 g/mol. The molecule has 7 heteroatoms. The maximum Gasteiger partial charge on any atom is 0.321 e. The molecular formula is C11H13BrN4OS. The third-order valence-electron chi connectivity index (χ3n) is 2.19. The Labute approximate surface area is 118 Å². The van der Waals surface area contributed by atoms with Crippen LogP contribution in [0.4, 0.5) is 5.95 Å². The molecule has 0 amide bonds. The second-order valence-electron chi connectivity index (χ2n) is 3.53. The van der Waals surface area contributed by atoms with Crippen molar-refractivity contribution in [1.29, 1.82) is 0 Å². The summed E-state index contributed by atoms with van der Waals surface area (Å²) in [4.78, 5) is 12.8. The van der Waals surface area contributed by atoms with Gasteiger partial charge in [-0.25, -0.2) is 0 Å². The summed E-state index contributed by atoms with van der Waals surface area (Å²) in [6.07, 6.45) is 1.01. The summed E-state index contributed by atoms with van der Waals surface area (Å²) < 4.78 is 6.07. The van der Waals surface area contributed by atoms with Crippen molar-refractivity contribution in [1.82, 2.24) is 15.0 Å². The second-order valence-corrected chi connectivity index (χ2v) is 5.13. The van der Waals surface area contributed by atoms with Gasteiger partial charge in [0.25, 0.3) is 0 Å². The molecule has 0 saturated carbocycles. The third kappa shape index (κ3) is 2.97. The smallest absolute Gasteiger partial charge is 0.321 e. The highest BCUT2D eigenvalue weighted by Crippen LogP contribution is 2.30. The standard InChI is InChI=1S/C11H13BrN4OS/c1-3-4-13-10-14-9(15-11(16-10)17-2)7-5-18-6-8(7)12/h5-6H,3-4H2,1-2H3,(H,13,14,15,16). The Morgan fingerprint density at radius 2 is 2.17 bits per heavy atom. The highest BCUT2D eigenvalue weighted by Gasteiger charge is 2.11. The second kappa shape index (κ2) is 6.10. The zero-order valence-electron chi connectivity index (χ0n) is 10.1. The van der Waals surface area contributed by atoms with Crippen LogP contribution in [0.25, 0.3) is 11.4 Å². The minimum absolute atomic E-state index is 0.316.